The molecule has 0 fully saturated rings. The molecule has 2 nitrogen and oxygen atoms in total. The van der Waals surface area contributed by atoms with E-state index in [1.165, 1.54) is 19.5 Å². The third kappa shape index (κ3) is 8.43. The molecule has 0 aliphatic heterocycles. The first-order chi connectivity index (χ1) is 7.28. The molecule has 0 saturated carbocycles. The van der Waals surface area contributed by atoms with Gasteiger partial charge in [-0.3, -0.25) is 0 Å². The van der Waals surface area contributed by atoms with Crippen LogP contribution >= 0.6 is 25.3 Å². The minimum absolute atomic E-state index is 0.943. The third-order valence-electron chi connectivity index (χ3n) is 2.68. The van der Waals surface area contributed by atoms with Gasteiger partial charge in [-0.05, 0) is 32.6 Å². The van der Waals surface area contributed by atoms with E-state index >= 15 is 0 Å². The van der Waals surface area contributed by atoms with Crippen molar-refractivity contribution < 1.29 is 0 Å². The average molecular weight is 250 g/mol. The van der Waals surface area contributed by atoms with E-state index in [1.54, 1.807) is 0 Å². The summed E-state index contributed by atoms with van der Waals surface area (Å²) >= 11 is 8.55. The van der Waals surface area contributed by atoms with E-state index in [0.717, 1.165) is 37.7 Å². The summed E-state index contributed by atoms with van der Waals surface area (Å²) in [5.74, 6) is 1.89. The Kier molecular flexibility index (Phi) is 11.6. The van der Waals surface area contributed by atoms with Gasteiger partial charge >= 0.3 is 0 Å². The predicted molar refractivity (Wildman–Crippen MR) is 76.6 cm³/mol. The van der Waals surface area contributed by atoms with E-state index in [-0.39, 0.29) is 0 Å². The summed E-state index contributed by atoms with van der Waals surface area (Å²) in [7, 11) is 0. The van der Waals surface area contributed by atoms with Gasteiger partial charge in [-0.2, -0.15) is 25.3 Å². The monoisotopic (exact) mass is 250 g/mol. The molecule has 92 valence electrons. The van der Waals surface area contributed by atoms with Gasteiger partial charge in [0.05, 0.1) is 0 Å². The van der Waals surface area contributed by atoms with Crippen LogP contribution in [0.5, 0.6) is 0 Å². The molecule has 0 aliphatic rings. The van der Waals surface area contributed by atoms with E-state index in [0.29, 0.717) is 0 Å². The second kappa shape index (κ2) is 11.1. The quantitative estimate of drug-likeness (QED) is 0.572. The van der Waals surface area contributed by atoms with Crippen LogP contribution in [0.2, 0.25) is 0 Å². The molecule has 0 aliphatic carbocycles. The largest absolute Gasteiger partial charge is 0.304 e. The molecule has 0 aromatic rings. The van der Waals surface area contributed by atoms with Crippen molar-refractivity contribution in [3.8, 4) is 0 Å². The number of thiol groups is 2. The molecule has 0 rings (SSSR count). The SMILES string of the molecule is CCN(CC)CCCN(CCS)CCS. The molecule has 0 radical (unpaired) electrons. The van der Waals surface area contributed by atoms with Gasteiger partial charge in [-0.1, -0.05) is 13.8 Å². The Morgan fingerprint density at radius 2 is 1.20 bits per heavy atom. The highest BCUT2D eigenvalue weighted by atomic mass is 32.1. The van der Waals surface area contributed by atoms with Crippen LogP contribution in [0.4, 0.5) is 0 Å². The van der Waals surface area contributed by atoms with Crippen molar-refractivity contribution in [2.45, 2.75) is 20.3 Å². The molecule has 0 aromatic carbocycles. The van der Waals surface area contributed by atoms with Crippen LogP contribution in [0.15, 0.2) is 0 Å². The molecule has 15 heavy (non-hydrogen) atoms. The van der Waals surface area contributed by atoms with Crippen molar-refractivity contribution in [2.24, 2.45) is 0 Å². The Labute approximate surface area is 106 Å². The van der Waals surface area contributed by atoms with Crippen molar-refractivity contribution in [1.29, 1.82) is 0 Å². The van der Waals surface area contributed by atoms with Gasteiger partial charge < -0.3 is 9.80 Å². The lowest BCUT2D eigenvalue weighted by atomic mass is 10.3. The normalized spacial score (nSPS) is 11.6. The van der Waals surface area contributed by atoms with Crippen molar-refractivity contribution in [2.75, 3.05) is 50.8 Å². The van der Waals surface area contributed by atoms with Crippen LogP contribution in [-0.4, -0.2) is 60.6 Å². The minimum Gasteiger partial charge on any atom is -0.304 e. The zero-order valence-corrected chi connectivity index (χ0v) is 11.9. The zero-order chi connectivity index (χ0) is 11.5. The molecule has 0 N–H and O–H groups in total. The van der Waals surface area contributed by atoms with Crippen molar-refractivity contribution in [3.63, 3.8) is 0 Å². The minimum atomic E-state index is 0.943. The lowest BCUT2D eigenvalue weighted by molar-refractivity contribution is 0.253. The highest BCUT2D eigenvalue weighted by Gasteiger charge is 2.04. The van der Waals surface area contributed by atoms with Crippen molar-refractivity contribution >= 4 is 25.3 Å². The van der Waals surface area contributed by atoms with Gasteiger partial charge in [0.15, 0.2) is 0 Å². The average Bonchev–Trinajstić information content (AvgIpc) is 2.25. The van der Waals surface area contributed by atoms with E-state index in [2.05, 4.69) is 48.9 Å². The summed E-state index contributed by atoms with van der Waals surface area (Å²) < 4.78 is 0. The van der Waals surface area contributed by atoms with Gasteiger partial charge in [0.1, 0.15) is 0 Å². The molecule has 0 atom stereocenters. The summed E-state index contributed by atoms with van der Waals surface area (Å²) in [6.07, 6.45) is 1.25. The fourth-order valence-electron chi connectivity index (χ4n) is 1.68. The molecule has 4 heteroatoms. The zero-order valence-electron chi connectivity index (χ0n) is 10.2. The number of hydrogen-bond acceptors (Lipinski definition) is 4. The summed E-state index contributed by atoms with van der Waals surface area (Å²) in [5, 5.41) is 0. The maximum atomic E-state index is 4.28. The van der Waals surface area contributed by atoms with Gasteiger partial charge in [0.2, 0.25) is 0 Å². The Morgan fingerprint density at radius 1 is 0.733 bits per heavy atom. The Bertz CT molecular complexity index is 124. The number of rotatable bonds is 10. The maximum absolute atomic E-state index is 4.28. The smallest absolute Gasteiger partial charge is 0.00702 e. The lowest BCUT2D eigenvalue weighted by Crippen LogP contribution is -2.32. The van der Waals surface area contributed by atoms with Crippen LogP contribution in [0.1, 0.15) is 20.3 Å². The third-order valence-corrected chi connectivity index (χ3v) is 3.08. The van der Waals surface area contributed by atoms with Crippen LogP contribution in [0.3, 0.4) is 0 Å². The van der Waals surface area contributed by atoms with Gasteiger partial charge in [0.25, 0.3) is 0 Å². The molecule has 0 unspecified atom stereocenters. The van der Waals surface area contributed by atoms with E-state index in [9.17, 15) is 0 Å². The van der Waals surface area contributed by atoms with Gasteiger partial charge in [-0.25, -0.2) is 0 Å². The lowest BCUT2D eigenvalue weighted by Gasteiger charge is -2.23. The van der Waals surface area contributed by atoms with Crippen LogP contribution in [-0.2, 0) is 0 Å². The Balaban J connectivity index is 3.59. The summed E-state index contributed by atoms with van der Waals surface area (Å²) in [5.41, 5.74) is 0. The Morgan fingerprint density at radius 3 is 1.60 bits per heavy atom. The van der Waals surface area contributed by atoms with E-state index < -0.39 is 0 Å². The first-order valence-electron chi connectivity index (χ1n) is 5.94. The predicted octanol–water partition coefficient (Wildman–Crippen LogP) is 1.88. The number of nitrogens with zero attached hydrogens (tertiary/aromatic N) is 2. The number of hydrogen-bond donors (Lipinski definition) is 2. The van der Waals surface area contributed by atoms with Crippen LogP contribution < -0.4 is 0 Å². The van der Waals surface area contributed by atoms with E-state index in [1.807, 2.05) is 0 Å². The second-order valence-corrected chi connectivity index (χ2v) is 4.56. The summed E-state index contributed by atoms with van der Waals surface area (Å²) in [6.45, 7) is 11.3. The fraction of sp³-hybridized carbons (Fsp3) is 1.00. The topological polar surface area (TPSA) is 6.48 Å². The Hall–Kier alpha value is 0.620. The van der Waals surface area contributed by atoms with Crippen molar-refractivity contribution in [1.82, 2.24) is 9.80 Å². The van der Waals surface area contributed by atoms with Crippen LogP contribution in [0, 0.1) is 0 Å². The molecule has 0 bridgehead atoms. The molecule has 0 aromatic heterocycles. The second-order valence-electron chi connectivity index (χ2n) is 3.67. The van der Waals surface area contributed by atoms with E-state index in [4.69, 9.17) is 0 Å². The maximum Gasteiger partial charge on any atom is 0.00702 e. The molecular formula is C11H26N2S2. The first-order valence-corrected chi connectivity index (χ1v) is 7.21. The molecule has 0 amide bonds. The van der Waals surface area contributed by atoms with Gasteiger partial charge in [-0.15, -0.1) is 0 Å². The fourth-order valence-corrected chi connectivity index (χ4v) is 2.24. The highest BCUT2D eigenvalue weighted by molar-refractivity contribution is 7.80. The molecule has 0 spiro atoms. The highest BCUT2D eigenvalue weighted by Crippen LogP contribution is 1.97. The van der Waals surface area contributed by atoms with Crippen LogP contribution in [0.25, 0.3) is 0 Å². The molecular weight excluding hydrogens is 224 g/mol. The standard InChI is InChI=1S/C11H26N2S2/c1-3-12(4-2)6-5-7-13(8-10-14)9-11-15/h14-15H,3-11H2,1-2H3. The van der Waals surface area contributed by atoms with Gasteiger partial charge in [0, 0.05) is 24.6 Å². The first kappa shape index (κ1) is 15.6. The summed E-state index contributed by atoms with van der Waals surface area (Å²) in [6, 6.07) is 0. The molecule has 0 heterocycles. The van der Waals surface area contributed by atoms with Crippen molar-refractivity contribution in [3.05, 3.63) is 0 Å². The molecule has 0 saturated heterocycles. The summed E-state index contributed by atoms with van der Waals surface area (Å²) in [4.78, 5) is 4.92.